The Morgan fingerprint density at radius 1 is 0.973 bits per heavy atom. The van der Waals surface area contributed by atoms with Crippen molar-refractivity contribution in [2.24, 2.45) is 16.9 Å². The number of pyridine rings is 1. The van der Waals surface area contributed by atoms with Crippen LogP contribution in [0.1, 0.15) is 48.1 Å². The number of benzene rings is 3. The monoisotopic (exact) mass is 489 g/mol. The van der Waals surface area contributed by atoms with Gasteiger partial charge < -0.3 is 4.74 Å². The molecule has 0 spiro atoms. The Bertz CT molecular complexity index is 1490. The summed E-state index contributed by atoms with van der Waals surface area (Å²) in [7, 11) is 1.93. The van der Waals surface area contributed by atoms with Gasteiger partial charge in [-0.25, -0.2) is 10.5 Å². The van der Waals surface area contributed by atoms with Crippen molar-refractivity contribution in [3.05, 3.63) is 107 Å². The van der Waals surface area contributed by atoms with Crippen molar-refractivity contribution < 1.29 is 4.74 Å². The summed E-state index contributed by atoms with van der Waals surface area (Å²) in [5.41, 5.74) is 12.1. The van der Waals surface area contributed by atoms with E-state index in [4.69, 9.17) is 9.72 Å². The van der Waals surface area contributed by atoms with Crippen LogP contribution in [0.5, 0.6) is 5.75 Å². The molecule has 3 atom stereocenters. The van der Waals surface area contributed by atoms with Crippen molar-refractivity contribution in [2.45, 2.75) is 37.7 Å². The van der Waals surface area contributed by atoms with Crippen LogP contribution in [0.15, 0.2) is 90.0 Å². The first-order valence-corrected chi connectivity index (χ1v) is 13.2. The lowest BCUT2D eigenvalue weighted by atomic mass is 9.63. The van der Waals surface area contributed by atoms with Crippen LogP contribution in [0.4, 0.5) is 0 Å². The van der Waals surface area contributed by atoms with E-state index in [0.717, 1.165) is 39.7 Å². The summed E-state index contributed by atoms with van der Waals surface area (Å²) in [5, 5.41) is 7.51. The minimum absolute atomic E-state index is 0.0502. The standard InChI is InChI=1S/C31H31N5O/c1-36-34-30(33-35-36)27-16-15-26(37-20-25-14-12-22-7-5-6-10-29(22)32-25)18-28(27)31(23-8-3-2-4-9-23)19-21-11-13-24(31)17-21/h2-10,12,14-16,18,21,24,35H,11,13,17,19-20H2,1H3,(H,33,34). The van der Waals surface area contributed by atoms with Crippen molar-refractivity contribution in [3.63, 3.8) is 0 Å². The molecule has 0 saturated heterocycles. The van der Waals surface area contributed by atoms with Gasteiger partial charge in [0.25, 0.3) is 0 Å². The fraction of sp³-hybridized carbons (Fsp3) is 0.290. The molecule has 4 aromatic rings. The van der Waals surface area contributed by atoms with Gasteiger partial charge in [-0.1, -0.05) is 61.0 Å². The first kappa shape index (κ1) is 22.3. The van der Waals surface area contributed by atoms with Crippen LogP contribution in [0, 0.1) is 11.8 Å². The van der Waals surface area contributed by atoms with E-state index in [0.29, 0.717) is 12.5 Å². The second kappa shape index (κ2) is 8.89. The molecule has 0 radical (unpaired) electrons. The number of hydrazine groups is 2. The van der Waals surface area contributed by atoms with Crippen LogP contribution < -0.4 is 15.7 Å². The summed E-state index contributed by atoms with van der Waals surface area (Å²) in [6.45, 7) is 0.428. The highest BCUT2D eigenvalue weighted by atomic mass is 16.5. The largest absolute Gasteiger partial charge is 0.487 e. The van der Waals surface area contributed by atoms with Gasteiger partial charge in [-0.15, -0.1) is 10.2 Å². The summed E-state index contributed by atoms with van der Waals surface area (Å²) in [6.07, 6.45) is 5.06. The summed E-state index contributed by atoms with van der Waals surface area (Å²) in [5.74, 6) is 3.09. The second-order valence-corrected chi connectivity index (χ2v) is 10.6. The SMILES string of the molecule is CN1NN=C(c2ccc(OCc3ccc4ccccc4n3)cc2C2(c3ccccc3)CC3CCC2C3)N1. The number of hydrogen-bond donors (Lipinski definition) is 2. The van der Waals surface area contributed by atoms with Gasteiger partial charge in [0, 0.05) is 23.4 Å². The van der Waals surface area contributed by atoms with Crippen molar-refractivity contribution in [3.8, 4) is 5.75 Å². The molecule has 3 aliphatic rings. The van der Waals surface area contributed by atoms with Gasteiger partial charge in [-0.05, 0) is 72.6 Å². The number of amidine groups is 1. The van der Waals surface area contributed by atoms with Crippen molar-refractivity contribution in [2.75, 3.05) is 7.05 Å². The number of hydrogen-bond acceptors (Lipinski definition) is 6. The summed E-state index contributed by atoms with van der Waals surface area (Å²) in [4.78, 5) is 4.80. The van der Waals surface area contributed by atoms with Crippen LogP contribution in [-0.4, -0.2) is 23.0 Å². The molecular formula is C31H31N5O. The zero-order chi connectivity index (χ0) is 24.8. The minimum atomic E-state index is -0.0502. The van der Waals surface area contributed by atoms with Gasteiger partial charge in [0.05, 0.1) is 11.2 Å². The van der Waals surface area contributed by atoms with Crippen LogP contribution in [0.2, 0.25) is 0 Å². The maximum absolute atomic E-state index is 6.39. The van der Waals surface area contributed by atoms with E-state index in [1.165, 1.54) is 36.8 Å². The second-order valence-electron chi connectivity index (χ2n) is 10.6. The molecule has 2 fully saturated rings. The molecule has 2 saturated carbocycles. The van der Waals surface area contributed by atoms with Gasteiger partial charge in [0.2, 0.25) is 0 Å². The first-order chi connectivity index (χ1) is 18.2. The number of rotatable bonds is 6. The van der Waals surface area contributed by atoms with E-state index < -0.39 is 0 Å². The summed E-state index contributed by atoms with van der Waals surface area (Å²) < 4.78 is 6.39. The normalized spacial score (nSPS) is 24.6. The number of hydrazone groups is 1. The highest BCUT2D eigenvalue weighted by Crippen LogP contribution is 2.60. The summed E-state index contributed by atoms with van der Waals surface area (Å²) in [6, 6.07) is 30.0. The van der Waals surface area contributed by atoms with E-state index in [1.807, 2.05) is 25.2 Å². The van der Waals surface area contributed by atoms with Crippen molar-refractivity contribution >= 4 is 16.7 Å². The Morgan fingerprint density at radius 2 is 1.84 bits per heavy atom. The molecule has 186 valence electrons. The molecule has 1 aliphatic heterocycles. The van der Waals surface area contributed by atoms with Crippen molar-refractivity contribution in [1.82, 2.24) is 21.1 Å². The molecule has 2 heterocycles. The topological polar surface area (TPSA) is 61.8 Å². The number of aromatic nitrogens is 1. The average molecular weight is 490 g/mol. The average Bonchev–Trinajstić information content (AvgIpc) is 3.69. The van der Waals surface area contributed by atoms with E-state index in [-0.39, 0.29) is 5.41 Å². The zero-order valence-corrected chi connectivity index (χ0v) is 21.0. The summed E-state index contributed by atoms with van der Waals surface area (Å²) >= 11 is 0. The fourth-order valence-electron chi connectivity index (χ4n) is 6.89. The third kappa shape index (κ3) is 3.83. The Labute approximate surface area is 217 Å². The third-order valence-corrected chi connectivity index (χ3v) is 8.49. The van der Waals surface area contributed by atoms with E-state index in [9.17, 15) is 0 Å². The molecule has 0 amide bonds. The molecule has 6 nitrogen and oxygen atoms in total. The quantitative estimate of drug-likeness (QED) is 0.373. The van der Waals surface area contributed by atoms with Gasteiger partial charge >= 0.3 is 0 Å². The minimum Gasteiger partial charge on any atom is -0.487 e. The highest BCUT2D eigenvalue weighted by molar-refractivity contribution is 6.01. The van der Waals surface area contributed by atoms with E-state index >= 15 is 0 Å². The maximum Gasteiger partial charge on any atom is 0.170 e. The molecule has 2 N–H and O–H groups in total. The fourth-order valence-corrected chi connectivity index (χ4v) is 6.89. The van der Waals surface area contributed by atoms with Crippen LogP contribution in [0.3, 0.4) is 0 Å². The first-order valence-electron chi connectivity index (χ1n) is 13.2. The number of nitrogens with zero attached hydrogens (tertiary/aromatic N) is 3. The molecule has 3 aromatic carbocycles. The van der Waals surface area contributed by atoms with Gasteiger partial charge in [-0.3, -0.25) is 5.43 Å². The van der Waals surface area contributed by atoms with Gasteiger partial charge in [0.1, 0.15) is 12.4 Å². The van der Waals surface area contributed by atoms with Crippen LogP contribution >= 0.6 is 0 Å². The number of ether oxygens (including phenoxy) is 1. The molecule has 37 heavy (non-hydrogen) atoms. The van der Waals surface area contributed by atoms with Gasteiger partial charge in [0.15, 0.2) is 5.84 Å². The maximum atomic E-state index is 6.39. The number of fused-ring (bicyclic) bond motifs is 3. The number of para-hydroxylation sites is 1. The molecule has 2 bridgehead atoms. The van der Waals surface area contributed by atoms with E-state index in [2.05, 4.69) is 82.8 Å². The molecule has 1 aromatic heterocycles. The van der Waals surface area contributed by atoms with Crippen LogP contribution in [-0.2, 0) is 12.0 Å². The third-order valence-electron chi connectivity index (χ3n) is 8.49. The van der Waals surface area contributed by atoms with Gasteiger partial charge in [-0.2, -0.15) is 0 Å². The molecule has 2 aliphatic carbocycles. The molecule has 6 heteroatoms. The molecular weight excluding hydrogens is 458 g/mol. The van der Waals surface area contributed by atoms with Crippen molar-refractivity contribution in [1.29, 1.82) is 0 Å². The Hall–Kier alpha value is -3.90. The smallest absolute Gasteiger partial charge is 0.170 e. The number of nitrogens with one attached hydrogen (secondary N) is 2. The van der Waals surface area contributed by atoms with E-state index in [1.54, 1.807) is 5.12 Å². The highest BCUT2D eigenvalue weighted by Gasteiger charge is 2.53. The van der Waals surface area contributed by atoms with Crippen LogP contribution in [0.25, 0.3) is 10.9 Å². The lowest BCUT2D eigenvalue weighted by Crippen LogP contribution is -2.40. The predicted octanol–water partition coefficient (Wildman–Crippen LogP) is 5.54. The molecule has 3 unspecified atom stereocenters. The lowest BCUT2D eigenvalue weighted by Gasteiger charge is -2.40. The molecule has 7 rings (SSSR count). The Kier molecular flexibility index (Phi) is 5.36. The predicted molar refractivity (Wildman–Crippen MR) is 146 cm³/mol. The Balaban J connectivity index is 1.29. The lowest BCUT2D eigenvalue weighted by molar-refractivity contribution is 0.231. The zero-order valence-electron chi connectivity index (χ0n) is 21.0. The Morgan fingerprint density at radius 3 is 2.62 bits per heavy atom.